The Balaban J connectivity index is 0.000000377. The second-order valence-electron chi connectivity index (χ2n) is 4.51. The molecular formula is C16H22N2O3. The standard InChI is InChI=1S/C8H10N2O2.C7H8.CH4O/c9-3-1-8(12)10-4-2-7(5-10)6-11;1-7-5-3-2-4-6-7;1-2/h6-7H,1-2,4-5H2;2-6H,1H3;2H,1H3. The minimum Gasteiger partial charge on any atom is -0.400 e. The van der Waals surface area contributed by atoms with Crippen molar-refractivity contribution in [3.05, 3.63) is 35.9 Å². The molecule has 1 fully saturated rings. The van der Waals surface area contributed by atoms with E-state index in [0.29, 0.717) is 13.1 Å². The van der Waals surface area contributed by atoms with Crippen LogP contribution in [0.5, 0.6) is 0 Å². The molecule has 1 amide bonds. The molecule has 1 aromatic carbocycles. The Morgan fingerprint density at radius 2 is 2.05 bits per heavy atom. The molecule has 0 aromatic heterocycles. The van der Waals surface area contributed by atoms with Crippen LogP contribution in [0, 0.1) is 24.2 Å². The highest BCUT2D eigenvalue weighted by atomic mass is 16.2. The molecular weight excluding hydrogens is 268 g/mol. The fourth-order valence-corrected chi connectivity index (χ4v) is 1.84. The highest BCUT2D eigenvalue weighted by molar-refractivity contribution is 5.79. The number of likely N-dealkylation sites (tertiary alicyclic amines) is 1. The van der Waals surface area contributed by atoms with E-state index < -0.39 is 0 Å². The monoisotopic (exact) mass is 290 g/mol. The lowest BCUT2D eigenvalue weighted by atomic mass is 10.1. The van der Waals surface area contributed by atoms with Crippen LogP contribution in [0.3, 0.4) is 0 Å². The number of nitriles is 1. The van der Waals surface area contributed by atoms with Crippen LogP contribution >= 0.6 is 0 Å². The second kappa shape index (κ2) is 11.6. The predicted octanol–water partition coefficient (Wildman–Crippen LogP) is 1.55. The van der Waals surface area contributed by atoms with Gasteiger partial charge >= 0.3 is 0 Å². The molecule has 2 rings (SSSR count). The third-order valence-corrected chi connectivity index (χ3v) is 2.94. The Morgan fingerprint density at radius 3 is 2.43 bits per heavy atom. The minimum absolute atomic E-state index is 0.0207. The Morgan fingerprint density at radius 1 is 1.43 bits per heavy atom. The molecule has 1 N–H and O–H groups in total. The quantitative estimate of drug-likeness (QED) is 0.838. The molecule has 1 aliphatic rings. The number of nitrogens with zero attached hydrogens (tertiary/aromatic N) is 2. The van der Waals surface area contributed by atoms with Gasteiger partial charge in [0.25, 0.3) is 0 Å². The van der Waals surface area contributed by atoms with Gasteiger partial charge in [0.2, 0.25) is 5.91 Å². The highest BCUT2D eigenvalue weighted by Gasteiger charge is 2.24. The maximum Gasteiger partial charge on any atom is 0.236 e. The lowest BCUT2D eigenvalue weighted by Gasteiger charge is -2.12. The Hall–Kier alpha value is -2.19. The van der Waals surface area contributed by atoms with Crippen molar-refractivity contribution in [2.75, 3.05) is 20.2 Å². The van der Waals surface area contributed by atoms with E-state index >= 15 is 0 Å². The van der Waals surface area contributed by atoms with E-state index in [1.807, 2.05) is 18.2 Å². The average molecular weight is 290 g/mol. The summed E-state index contributed by atoms with van der Waals surface area (Å²) in [6.07, 6.45) is 1.53. The van der Waals surface area contributed by atoms with Crippen molar-refractivity contribution < 1.29 is 14.7 Å². The first kappa shape index (κ1) is 18.8. The average Bonchev–Trinajstić information content (AvgIpc) is 3.00. The van der Waals surface area contributed by atoms with Crippen molar-refractivity contribution in [3.63, 3.8) is 0 Å². The lowest BCUT2D eigenvalue weighted by molar-refractivity contribution is -0.129. The van der Waals surface area contributed by atoms with Crippen LogP contribution in [-0.4, -0.2) is 42.4 Å². The molecule has 5 heteroatoms. The van der Waals surface area contributed by atoms with Gasteiger partial charge in [-0.25, -0.2) is 0 Å². The zero-order chi connectivity index (χ0) is 16.1. The fraction of sp³-hybridized carbons (Fsp3) is 0.438. The van der Waals surface area contributed by atoms with Gasteiger partial charge < -0.3 is 14.8 Å². The summed E-state index contributed by atoms with van der Waals surface area (Å²) < 4.78 is 0. The van der Waals surface area contributed by atoms with Crippen LogP contribution in [-0.2, 0) is 9.59 Å². The maximum absolute atomic E-state index is 11.1. The van der Waals surface area contributed by atoms with E-state index in [2.05, 4.69) is 19.1 Å². The second-order valence-corrected chi connectivity index (χ2v) is 4.51. The number of rotatable bonds is 2. The summed E-state index contributed by atoms with van der Waals surface area (Å²) in [6, 6.07) is 12.1. The van der Waals surface area contributed by atoms with Gasteiger partial charge in [0.1, 0.15) is 12.7 Å². The maximum atomic E-state index is 11.1. The molecule has 114 valence electrons. The number of aliphatic hydroxyl groups excluding tert-OH is 1. The van der Waals surface area contributed by atoms with Gasteiger partial charge in [-0.3, -0.25) is 4.79 Å². The smallest absolute Gasteiger partial charge is 0.236 e. The summed E-state index contributed by atoms with van der Waals surface area (Å²) in [5, 5.41) is 15.3. The van der Waals surface area contributed by atoms with Crippen molar-refractivity contribution >= 4 is 12.2 Å². The number of carbonyl (C=O) groups is 2. The summed E-state index contributed by atoms with van der Waals surface area (Å²) in [6.45, 7) is 3.19. The summed E-state index contributed by atoms with van der Waals surface area (Å²) in [5.41, 5.74) is 1.32. The molecule has 1 unspecified atom stereocenters. The number of aryl methyl sites for hydroxylation is 1. The molecule has 0 bridgehead atoms. The summed E-state index contributed by atoms with van der Waals surface area (Å²) in [7, 11) is 1.00. The van der Waals surface area contributed by atoms with Crippen LogP contribution in [0.2, 0.25) is 0 Å². The van der Waals surface area contributed by atoms with Gasteiger partial charge in [0.15, 0.2) is 0 Å². The highest BCUT2D eigenvalue weighted by Crippen LogP contribution is 2.14. The molecule has 1 aliphatic heterocycles. The minimum atomic E-state index is -0.165. The molecule has 0 saturated carbocycles. The van der Waals surface area contributed by atoms with Crippen LogP contribution in [0.4, 0.5) is 0 Å². The van der Waals surface area contributed by atoms with Crippen molar-refractivity contribution in [2.45, 2.75) is 19.8 Å². The molecule has 0 aliphatic carbocycles. The molecule has 1 heterocycles. The van der Waals surface area contributed by atoms with Crippen molar-refractivity contribution in [3.8, 4) is 6.07 Å². The molecule has 0 spiro atoms. The number of hydrogen-bond acceptors (Lipinski definition) is 4. The normalized spacial score (nSPS) is 15.7. The number of aldehydes is 1. The van der Waals surface area contributed by atoms with E-state index in [4.69, 9.17) is 10.4 Å². The van der Waals surface area contributed by atoms with E-state index in [1.54, 1.807) is 11.0 Å². The number of hydrogen-bond donors (Lipinski definition) is 1. The van der Waals surface area contributed by atoms with Crippen LogP contribution < -0.4 is 0 Å². The molecule has 21 heavy (non-hydrogen) atoms. The van der Waals surface area contributed by atoms with E-state index in [9.17, 15) is 9.59 Å². The van der Waals surface area contributed by atoms with Gasteiger partial charge in [-0.05, 0) is 13.3 Å². The summed E-state index contributed by atoms with van der Waals surface area (Å²) in [4.78, 5) is 23.0. The molecule has 1 saturated heterocycles. The van der Waals surface area contributed by atoms with Crippen molar-refractivity contribution in [2.24, 2.45) is 5.92 Å². The van der Waals surface area contributed by atoms with Gasteiger partial charge in [-0.15, -0.1) is 0 Å². The van der Waals surface area contributed by atoms with Crippen molar-refractivity contribution in [1.29, 1.82) is 5.26 Å². The Labute approximate surface area is 125 Å². The Kier molecular flexibility index (Phi) is 10.4. The van der Waals surface area contributed by atoms with Gasteiger partial charge in [-0.2, -0.15) is 5.26 Å². The largest absolute Gasteiger partial charge is 0.400 e. The van der Waals surface area contributed by atoms with Crippen LogP contribution in [0.15, 0.2) is 30.3 Å². The third kappa shape index (κ3) is 7.85. The van der Waals surface area contributed by atoms with Gasteiger partial charge in [0.05, 0.1) is 6.07 Å². The molecule has 5 nitrogen and oxygen atoms in total. The third-order valence-electron chi connectivity index (χ3n) is 2.94. The first-order chi connectivity index (χ1) is 10.2. The van der Waals surface area contributed by atoms with E-state index in [1.165, 1.54) is 5.56 Å². The zero-order valence-electron chi connectivity index (χ0n) is 12.5. The van der Waals surface area contributed by atoms with Crippen molar-refractivity contribution in [1.82, 2.24) is 4.90 Å². The topological polar surface area (TPSA) is 81.4 Å². The first-order valence-corrected chi connectivity index (χ1v) is 6.73. The van der Waals surface area contributed by atoms with E-state index in [-0.39, 0.29) is 18.2 Å². The number of carbonyl (C=O) groups excluding carboxylic acids is 2. The van der Waals surface area contributed by atoms with Crippen LogP contribution in [0.25, 0.3) is 0 Å². The Bertz CT molecular complexity index is 454. The molecule has 1 aromatic rings. The molecule has 0 radical (unpaired) electrons. The molecule has 1 atom stereocenters. The summed E-state index contributed by atoms with van der Waals surface area (Å²) >= 11 is 0. The number of aliphatic hydroxyl groups is 1. The fourth-order valence-electron chi connectivity index (χ4n) is 1.84. The predicted molar refractivity (Wildman–Crippen MR) is 80.3 cm³/mol. The number of benzene rings is 1. The zero-order valence-corrected chi connectivity index (χ0v) is 12.5. The SMILES string of the molecule is CO.Cc1ccccc1.N#CCC(=O)N1CCC(C=O)C1. The van der Waals surface area contributed by atoms with Gasteiger partial charge in [-0.1, -0.05) is 35.9 Å². The first-order valence-electron chi connectivity index (χ1n) is 6.73. The van der Waals surface area contributed by atoms with Crippen LogP contribution in [0.1, 0.15) is 18.4 Å². The van der Waals surface area contributed by atoms with E-state index in [0.717, 1.165) is 19.8 Å². The van der Waals surface area contributed by atoms with Gasteiger partial charge in [0, 0.05) is 26.1 Å². The summed E-state index contributed by atoms with van der Waals surface area (Å²) in [5.74, 6) is -0.186. The number of amides is 1. The lowest BCUT2D eigenvalue weighted by Crippen LogP contribution is -2.28.